The summed E-state index contributed by atoms with van der Waals surface area (Å²) >= 11 is 1.59. The number of aryl methyl sites for hydroxylation is 2. The topological polar surface area (TPSA) is 51.8 Å². The van der Waals surface area contributed by atoms with E-state index in [4.69, 9.17) is 7.16 Å². The van der Waals surface area contributed by atoms with E-state index in [0.29, 0.717) is 11.3 Å². The minimum absolute atomic E-state index is 0. The van der Waals surface area contributed by atoms with E-state index in [0.717, 1.165) is 59.5 Å². The second-order valence-electron chi connectivity index (χ2n) is 11.0. The summed E-state index contributed by atoms with van der Waals surface area (Å²) in [5.41, 5.74) is 5.92. The number of fused-ring (bicyclic) bond motifs is 4. The molecule has 7 rings (SSSR count). The molecule has 0 N–H and O–H groups in total. The number of pyridine rings is 3. The third kappa shape index (κ3) is 6.22. The zero-order valence-corrected chi connectivity index (χ0v) is 27.3. The summed E-state index contributed by atoms with van der Waals surface area (Å²) in [4.78, 5) is 14.4. The number of hydrogen-bond acceptors (Lipinski definition) is 5. The van der Waals surface area contributed by atoms with Gasteiger partial charge in [-0.15, -0.1) is 65.4 Å². The monoisotopic (exact) mass is 748 g/mol. The molecule has 5 heterocycles. The van der Waals surface area contributed by atoms with Gasteiger partial charge in [0.05, 0.1) is 10.3 Å². The molecule has 0 fully saturated rings. The molecule has 0 saturated carbocycles. The third-order valence-corrected chi connectivity index (χ3v) is 7.65. The Balaban J connectivity index is 0.000000248. The van der Waals surface area contributed by atoms with Gasteiger partial charge in [0.15, 0.2) is 0 Å². The van der Waals surface area contributed by atoms with Crippen LogP contribution in [0.4, 0.5) is 0 Å². The van der Waals surface area contributed by atoms with E-state index in [1.54, 1.807) is 17.5 Å². The second-order valence-corrected chi connectivity index (χ2v) is 12.2. The molecule has 0 atom stereocenters. The van der Waals surface area contributed by atoms with Crippen molar-refractivity contribution < 1.29 is 27.3 Å². The molecule has 0 spiro atoms. The largest absolute Gasteiger partial charge is 0.486 e. The van der Waals surface area contributed by atoms with Gasteiger partial charge in [-0.1, -0.05) is 49.9 Å². The van der Waals surface area contributed by atoms with Crippen molar-refractivity contribution in [2.75, 3.05) is 0 Å². The van der Waals surface area contributed by atoms with Crippen LogP contribution in [0.5, 0.6) is 0 Å². The zero-order valence-electron chi connectivity index (χ0n) is 26.1. The summed E-state index contributed by atoms with van der Waals surface area (Å²) in [6, 6.07) is 30.0. The Morgan fingerprint density at radius 3 is 2.45 bits per heavy atom. The number of benzene rings is 2. The van der Waals surface area contributed by atoms with Gasteiger partial charge in [0, 0.05) is 51.2 Å². The predicted molar refractivity (Wildman–Crippen MR) is 170 cm³/mol. The number of rotatable bonds is 3. The maximum absolute atomic E-state index is 8.88. The first-order valence-corrected chi connectivity index (χ1v) is 14.3. The first-order chi connectivity index (χ1) is 20.5. The molecule has 0 aliphatic rings. The Morgan fingerprint density at radius 2 is 1.71 bits per heavy atom. The summed E-state index contributed by atoms with van der Waals surface area (Å²) < 4.78 is 24.9. The van der Waals surface area contributed by atoms with Crippen LogP contribution in [0.3, 0.4) is 0 Å². The van der Waals surface area contributed by atoms with E-state index in [1.807, 2.05) is 114 Å². The maximum atomic E-state index is 8.88. The molecule has 0 unspecified atom stereocenters. The van der Waals surface area contributed by atoms with Gasteiger partial charge in [0.25, 0.3) is 0 Å². The van der Waals surface area contributed by atoms with Gasteiger partial charge in [-0.25, -0.2) is 4.98 Å². The quantitative estimate of drug-likeness (QED) is 0.169. The molecule has 42 heavy (non-hydrogen) atoms. The molecule has 0 aliphatic heterocycles. The van der Waals surface area contributed by atoms with Crippen LogP contribution in [0.15, 0.2) is 89.6 Å². The number of thiophene rings is 1. The van der Waals surface area contributed by atoms with Gasteiger partial charge in [-0.3, -0.25) is 0 Å². The molecule has 0 bridgehead atoms. The minimum atomic E-state index is -1.48. The number of aromatic nitrogens is 3. The van der Waals surface area contributed by atoms with Crippen molar-refractivity contribution in [3.8, 4) is 22.5 Å². The minimum Gasteiger partial charge on any atom is -0.486 e. The summed E-state index contributed by atoms with van der Waals surface area (Å²) in [6.07, 6.45) is 2.14. The molecule has 213 valence electrons. The zero-order chi connectivity index (χ0) is 30.4. The van der Waals surface area contributed by atoms with E-state index < -0.39 is 11.8 Å². The van der Waals surface area contributed by atoms with Crippen molar-refractivity contribution in [2.24, 2.45) is 5.41 Å². The fourth-order valence-corrected chi connectivity index (χ4v) is 5.74. The number of furan rings is 1. The molecule has 5 aromatic heterocycles. The van der Waals surface area contributed by atoms with Crippen LogP contribution in [-0.4, -0.2) is 15.0 Å². The molecule has 0 amide bonds. The average molecular weight is 748 g/mol. The summed E-state index contributed by atoms with van der Waals surface area (Å²) in [6.45, 7) is 9.75. The smallest absolute Gasteiger partial charge is 0.216 e. The fraction of sp³-hybridized carbons (Fsp3) is 0.194. The first-order valence-electron chi connectivity index (χ1n) is 14.5. The van der Waals surface area contributed by atoms with E-state index in [2.05, 4.69) is 27.1 Å². The van der Waals surface area contributed by atoms with E-state index >= 15 is 0 Å². The van der Waals surface area contributed by atoms with Gasteiger partial charge in [-0.05, 0) is 66.2 Å². The molecular formula is C36H31IrN3OS-2. The van der Waals surface area contributed by atoms with Crippen LogP contribution in [0.25, 0.3) is 54.7 Å². The molecular weight excluding hydrogens is 715 g/mol. The van der Waals surface area contributed by atoms with Crippen LogP contribution >= 0.6 is 11.3 Å². The maximum Gasteiger partial charge on any atom is 0.216 e. The SMILES string of the molecule is [2H]C([2H])(c1c(C)sc2cnc(-c3[c-]ccc4c3oc3nc(C)ccc34)cc12)C(C)(C)C.[Ir].[c-]1ccccc1-c1ccccn1. The van der Waals surface area contributed by atoms with Gasteiger partial charge in [0.2, 0.25) is 5.71 Å². The third-order valence-electron chi connectivity index (χ3n) is 6.60. The van der Waals surface area contributed by atoms with E-state index in [9.17, 15) is 0 Å². The second kappa shape index (κ2) is 12.3. The molecule has 2 aromatic carbocycles. The van der Waals surface area contributed by atoms with Gasteiger partial charge in [-0.2, -0.15) is 0 Å². The first kappa shape index (κ1) is 27.2. The van der Waals surface area contributed by atoms with E-state index in [1.165, 1.54) is 0 Å². The van der Waals surface area contributed by atoms with Crippen molar-refractivity contribution in [3.05, 3.63) is 113 Å². The van der Waals surface area contributed by atoms with Gasteiger partial charge >= 0.3 is 0 Å². The molecule has 0 saturated heterocycles. The normalized spacial score (nSPS) is 12.4. The summed E-state index contributed by atoms with van der Waals surface area (Å²) in [5, 5.41) is 2.85. The Bertz CT molecular complexity index is 2030. The van der Waals surface area contributed by atoms with Gasteiger partial charge in [0.1, 0.15) is 0 Å². The number of hydrogen-bond donors (Lipinski definition) is 0. The molecule has 7 aromatic rings. The molecule has 6 heteroatoms. The van der Waals surface area contributed by atoms with Crippen molar-refractivity contribution in [2.45, 2.75) is 41.0 Å². The summed E-state index contributed by atoms with van der Waals surface area (Å²) in [5.74, 6) is 0. The van der Waals surface area contributed by atoms with Crippen molar-refractivity contribution in [1.29, 1.82) is 0 Å². The van der Waals surface area contributed by atoms with Gasteiger partial charge < -0.3 is 14.4 Å². The number of nitrogens with zero attached hydrogens (tertiary/aromatic N) is 3. The standard InChI is InChI=1S/C25H23N2OS.C11H8N.Ir/c1-14-9-10-17-16-7-6-8-18(23(16)28-24(17)27-14)21-11-19-20(12-25(3,4)5)15(2)29-22(19)13-26-21;1-2-6-10(7-3-1)11-8-4-5-9-12-11;/h6-7,9-11,13H,12H2,1-5H3;1-6,8-9H;/q2*-1;/i12D2;;. The Morgan fingerprint density at radius 1 is 0.881 bits per heavy atom. The van der Waals surface area contributed by atoms with Crippen LogP contribution in [0.2, 0.25) is 0 Å². The average Bonchev–Trinajstić information content (AvgIpc) is 3.53. The Hall–Kier alpha value is -3.70. The van der Waals surface area contributed by atoms with Crippen molar-refractivity contribution in [3.63, 3.8) is 0 Å². The van der Waals surface area contributed by atoms with Crippen LogP contribution < -0.4 is 0 Å². The van der Waals surface area contributed by atoms with Crippen molar-refractivity contribution in [1.82, 2.24) is 15.0 Å². The Kier molecular flexibility index (Phi) is 7.93. The molecule has 4 nitrogen and oxygen atoms in total. The fourth-order valence-electron chi connectivity index (χ4n) is 4.77. The summed E-state index contributed by atoms with van der Waals surface area (Å²) in [7, 11) is 0. The van der Waals surface area contributed by atoms with Crippen LogP contribution in [0, 0.1) is 31.4 Å². The van der Waals surface area contributed by atoms with Crippen molar-refractivity contribution >= 4 is 43.5 Å². The van der Waals surface area contributed by atoms with Crippen LogP contribution in [0.1, 0.15) is 39.6 Å². The van der Waals surface area contributed by atoms with E-state index in [-0.39, 0.29) is 20.1 Å². The van der Waals surface area contributed by atoms with Crippen LogP contribution in [-0.2, 0) is 26.5 Å². The predicted octanol–water partition coefficient (Wildman–Crippen LogP) is 9.81. The Labute approximate surface area is 267 Å². The molecule has 1 radical (unpaired) electrons. The molecule has 0 aliphatic carbocycles.